The number of fused-ring (bicyclic) bond motifs is 5. The van der Waals surface area contributed by atoms with E-state index in [1.54, 1.807) is 0 Å². The molecule has 0 bridgehead atoms. The average molecular weight is 676 g/mol. The molecule has 4 aliphatic carbocycles. The summed E-state index contributed by atoms with van der Waals surface area (Å²) in [4.78, 5) is 25.3. The molecule has 0 aromatic carbocycles. The van der Waals surface area contributed by atoms with Gasteiger partial charge in [-0.3, -0.25) is 4.79 Å². The number of ether oxygens (including phenoxy) is 1. The second kappa shape index (κ2) is 18.3. The molecule has 0 saturated heterocycles. The van der Waals surface area contributed by atoms with Gasteiger partial charge in [0.25, 0.3) is 0 Å². The second-order valence-electron chi connectivity index (χ2n) is 16.9. The summed E-state index contributed by atoms with van der Waals surface area (Å²) >= 11 is 0. The van der Waals surface area contributed by atoms with E-state index in [2.05, 4.69) is 42.0 Å². The third-order valence-corrected chi connectivity index (χ3v) is 14.3. The Hall–Kier alpha value is -1.26. The number of aliphatic hydroxyl groups is 1. The molecule has 9 nitrogen and oxygen atoms in total. The van der Waals surface area contributed by atoms with Crippen LogP contribution in [0.3, 0.4) is 0 Å². The lowest BCUT2D eigenvalue weighted by Gasteiger charge is -2.62. The Balaban J connectivity index is 1.25. The van der Waals surface area contributed by atoms with Crippen molar-refractivity contribution in [1.82, 2.24) is 21.3 Å². The summed E-state index contributed by atoms with van der Waals surface area (Å²) in [6.45, 7) is 17.3. The maximum Gasteiger partial charge on any atom is 0.328 e. The summed E-state index contributed by atoms with van der Waals surface area (Å²) in [7, 11) is 1.39. The quantitative estimate of drug-likeness (QED) is 0.0863. The third-order valence-electron chi connectivity index (χ3n) is 14.3. The molecule has 278 valence electrons. The van der Waals surface area contributed by atoms with Crippen molar-refractivity contribution in [3.8, 4) is 0 Å². The van der Waals surface area contributed by atoms with E-state index in [4.69, 9.17) is 10.5 Å². The maximum atomic E-state index is 13.0. The van der Waals surface area contributed by atoms with Crippen LogP contribution in [-0.2, 0) is 14.3 Å². The zero-order chi connectivity index (χ0) is 34.9. The largest absolute Gasteiger partial charge is 0.467 e. The van der Waals surface area contributed by atoms with Crippen LogP contribution in [0.25, 0.3) is 0 Å². The van der Waals surface area contributed by atoms with E-state index in [1.807, 2.05) is 13.8 Å². The molecule has 0 spiro atoms. The van der Waals surface area contributed by atoms with Gasteiger partial charge in [-0.15, -0.1) is 0 Å². The van der Waals surface area contributed by atoms with E-state index in [9.17, 15) is 14.7 Å². The molecule has 9 heteroatoms. The van der Waals surface area contributed by atoms with Crippen LogP contribution in [0, 0.1) is 52.3 Å². The zero-order valence-corrected chi connectivity index (χ0v) is 31.5. The fourth-order valence-electron chi connectivity index (χ4n) is 11.2. The minimum absolute atomic E-state index is 0.0376. The molecule has 4 fully saturated rings. The number of hydrogen-bond acceptors (Lipinski definition) is 8. The molecule has 48 heavy (non-hydrogen) atoms. The molecule has 1 amide bonds. The van der Waals surface area contributed by atoms with Crippen molar-refractivity contribution >= 4 is 11.9 Å². The first-order valence-corrected chi connectivity index (χ1v) is 19.9. The van der Waals surface area contributed by atoms with Crippen molar-refractivity contribution in [3.63, 3.8) is 0 Å². The second-order valence-corrected chi connectivity index (χ2v) is 16.9. The van der Waals surface area contributed by atoms with Gasteiger partial charge in [0.05, 0.1) is 13.2 Å². The van der Waals surface area contributed by atoms with Crippen molar-refractivity contribution in [3.05, 3.63) is 0 Å². The van der Waals surface area contributed by atoms with Crippen molar-refractivity contribution in [2.24, 2.45) is 58.0 Å². The van der Waals surface area contributed by atoms with Gasteiger partial charge in [-0.25, -0.2) is 4.79 Å². The van der Waals surface area contributed by atoms with Crippen LogP contribution in [0.2, 0.25) is 0 Å². The summed E-state index contributed by atoms with van der Waals surface area (Å²) < 4.78 is 4.97. The SMILES string of the molecule is CCC(C)[C@H](NC(=O)CC[C@@H](C)[C@H]1CC[C@H]2[C@@H]3[C@H](O)C[C@@H]4C[C@@H](NCCCNCCNCCCN)CC[C@]4(C)[C@H]3CC[C@]12C)C(=O)OC. The van der Waals surface area contributed by atoms with Gasteiger partial charge in [-0.2, -0.15) is 0 Å². The number of carbonyl (C=O) groups excluding carboxylic acids is 2. The monoisotopic (exact) mass is 676 g/mol. The summed E-state index contributed by atoms with van der Waals surface area (Å²) in [6, 6.07) is -0.0112. The minimum atomic E-state index is -0.581. The molecule has 0 aromatic heterocycles. The standard InChI is InChI=1S/C39H73N5O4/c1-7-26(2)36(37(47)48-6)44-34(46)13-10-27(3)30-11-12-31-35-32(15-17-39(30,31)5)38(4)16-14-29(24-28(38)25-33(35)45)43-21-9-20-42-23-22-41-19-8-18-40/h26-33,35-36,41-43,45H,7-25,40H2,1-6H3,(H,44,46)/t26?,27-,28+,29+,30-,31+,32+,33-,35+,36+,38+,39-/m1/s1. The maximum absolute atomic E-state index is 13.0. The van der Waals surface area contributed by atoms with Crippen LogP contribution in [0.15, 0.2) is 0 Å². The average Bonchev–Trinajstić information content (AvgIpc) is 3.43. The van der Waals surface area contributed by atoms with Crippen LogP contribution >= 0.6 is 0 Å². The lowest BCUT2D eigenvalue weighted by Crippen LogP contribution is -2.59. The number of aliphatic hydroxyl groups excluding tert-OH is 1. The van der Waals surface area contributed by atoms with E-state index >= 15 is 0 Å². The Morgan fingerprint density at radius 2 is 1.60 bits per heavy atom. The van der Waals surface area contributed by atoms with Crippen molar-refractivity contribution in [2.45, 2.75) is 136 Å². The number of carbonyl (C=O) groups is 2. The normalized spacial score (nSPS) is 36.3. The number of nitrogens with two attached hydrogens (primary N) is 1. The molecule has 4 rings (SSSR count). The molecule has 0 aromatic rings. The van der Waals surface area contributed by atoms with E-state index in [0.717, 1.165) is 71.4 Å². The van der Waals surface area contributed by atoms with Crippen LogP contribution in [0.5, 0.6) is 0 Å². The molecular formula is C39H73N5O4. The molecule has 7 N–H and O–H groups in total. The van der Waals surface area contributed by atoms with Crippen LogP contribution < -0.4 is 27.0 Å². The smallest absolute Gasteiger partial charge is 0.328 e. The Morgan fingerprint density at radius 1 is 0.917 bits per heavy atom. The summed E-state index contributed by atoms with van der Waals surface area (Å²) in [5, 5.41) is 25.7. The fraction of sp³-hybridized carbons (Fsp3) is 0.949. The lowest BCUT2D eigenvalue weighted by atomic mass is 9.43. The molecule has 4 saturated carbocycles. The molecular weight excluding hydrogens is 602 g/mol. The Kier molecular flexibility index (Phi) is 15.1. The predicted octanol–water partition coefficient (Wildman–Crippen LogP) is 4.61. The Bertz CT molecular complexity index is 1010. The van der Waals surface area contributed by atoms with E-state index in [0.29, 0.717) is 53.4 Å². The molecule has 0 heterocycles. The Morgan fingerprint density at radius 3 is 2.29 bits per heavy atom. The summed E-state index contributed by atoms with van der Waals surface area (Å²) in [6.07, 6.45) is 13.6. The first-order valence-electron chi connectivity index (χ1n) is 19.9. The fourth-order valence-corrected chi connectivity index (χ4v) is 11.2. The van der Waals surface area contributed by atoms with Crippen molar-refractivity contribution in [2.75, 3.05) is 46.4 Å². The molecule has 1 unspecified atom stereocenters. The number of esters is 1. The van der Waals surface area contributed by atoms with Gasteiger partial charge in [0.1, 0.15) is 6.04 Å². The third kappa shape index (κ3) is 9.15. The molecule has 4 aliphatic rings. The van der Waals surface area contributed by atoms with Gasteiger partial charge in [0.2, 0.25) is 5.91 Å². The summed E-state index contributed by atoms with van der Waals surface area (Å²) in [5.41, 5.74) is 6.10. The number of amides is 1. The lowest BCUT2D eigenvalue weighted by molar-refractivity contribution is -0.167. The highest BCUT2D eigenvalue weighted by Crippen LogP contribution is 2.68. The van der Waals surface area contributed by atoms with E-state index < -0.39 is 6.04 Å². The van der Waals surface area contributed by atoms with Gasteiger partial charge in [0, 0.05) is 25.6 Å². The van der Waals surface area contributed by atoms with E-state index in [-0.39, 0.29) is 29.3 Å². The highest BCUT2D eigenvalue weighted by Gasteiger charge is 2.62. The van der Waals surface area contributed by atoms with Crippen LogP contribution in [-0.4, -0.2) is 81.5 Å². The van der Waals surface area contributed by atoms with Crippen molar-refractivity contribution in [1.29, 1.82) is 0 Å². The molecule has 0 aliphatic heterocycles. The molecule has 0 radical (unpaired) electrons. The number of hydrogen-bond donors (Lipinski definition) is 6. The topological polar surface area (TPSA) is 138 Å². The highest BCUT2D eigenvalue weighted by molar-refractivity contribution is 5.84. The van der Waals surface area contributed by atoms with Gasteiger partial charge in [-0.1, -0.05) is 41.0 Å². The predicted molar refractivity (Wildman–Crippen MR) is 194 cm³/mol. The van der Waals surface area contributed by atoms with Crippen LogP contribution in [0.1, 0.15) is 118 Å². The number of rotatable bonds is 19. The van der Waals surface area contributed by atoms with Crippen LogP contribution in [0.4, 0.5) is 0 Å². The molecule has 12 atom stereocenters. The zero-order valence-electron chi connectivity index (χ0n) is 31.5. The van der Waals surface area contributed by atoms with Crippen molar-refractivity contribution < 1.29 is 19.4 Å². The number of methoxy groups -OCH3 is 1. The minimum Gasteiger partial charge on any atom is -0.467 e. The van der Waals surface area contributed by atoms with Gasteiger partial charge in [-0.05, 0) is 149 Å². The Labute approximate surface area is 292 Å². The first-order chi connectivity index (χ1) is 23.0. The first kappa shape index (κ1) is 39.5. The van der Waals surface area contributed by atoms with E-state index in [1.165, 1.54) is 52.1 Å². The van der Waals surface area contributed by atoms with Gasteiger partial charge >= 0.3 is 5.97 Å². The van der Waals surface area contributed by atoms with Gasteiger partial charge in [0.15, 0.2) is 0 Å². The van der Waals surface area contributed by atoms with Gasteiger partial charge < -0.3 is 36.8 Å². The number of nitrogens with one attached hydrogen (secondary N) is 4. The highest BCUT2D eigenvalue weighted by atomic mass is 16.5. The summed E-state index contributed by atoms with van der Waals surface area (Å²) in [5.74, 6) is 2.82.